The average molecular weight is 314 g/mol. The number of urea groups is 1. The van der Waals surface area contributed by atoms with Gasteiger partial charge in [-0.05, 0) is 31.3 Å². The summed E-state index contributed by atoms with van der Waals surface area (Å²) in [7, 11) is 0. The van der Waals surface area contributed by atoms with Crippen molar-refractivity contribution < 1.29 is 27.9 Å². The van der Waals surface area contributed by atoms with Crippen molar-refractivity contribution in [3.05, 3.63) is 0 Å². The third kappa shape index (κ3) is 5.89. The van der Waals surface area contributed by atoms with Gasteiger partial charge >= 0.3 is 18.2 Å². The number of hydrogen-bond donors (Lipinski definition) is 2. The van der Waals surface area contributed by atoms with Gasteiger partial charge in [0.05, 0.1) is 0 Å². The molecule has 1 fully saturated rings. The fraction of sp³-hybridized carbons (Fsp3) is 0.818. The Labute approximate surface area is 118 Å². The van der Waals surface area contributed by atoms with E-state index in [1.807, 2.05) is 0 Å². The normalized spacial score (nSPS) is 16.6. The molecule has 5 nitrogen and oxygen atoms in total. The molecule has 0 bridgehead atoms. The van der Waals surface area contributed by atoms with Gasteiger partial charge < -0.3 is 15.3 Å². The first-order valence-electron chi connectivity index (χ1n) is 6.10. The average Bonchev–Trinajstić information content (AvgIpc) is 3.13. The van der Waals surface area contributed by atoms with Crippen molar-refractivity contribution in [1.82, 2.24) is 10.2 Å². The predicted octanol–water partition coefficient (Wildman–Crippen LogP) is 1.93. The molecule has 116 valence electrons. The van der Waals surface area contributed by atoms with Gasteiger partial charge in [-0.1, -0.05) is 0 Å². The number of nitrogens with zero attached hydrogens (tertiary/aromatic N) is 1. The Balaban J connectivity index is 2.61. The first kappa shape index (κ1) is 16.9. The van der Waals surface area contributed by atoms with Crippen LogP contribution in [0.5, 0.6) is 0 Å². The van der Waals surface area contributed by atoms with Gasteiger partial charge in [-0.3, -0.25) is 0 Å². The molecule has 0 heterocycles. The topological polar surface area (TPSA) is 69.6 Å². The van der Waals surface area contributed by atoms with Crippen molar-refractivity contribution in [3.63, 3.8) is 0 Å². The predicted molar refractivity (Wildman–Crippen MR) is 68.7 cm³/mol. The molecular formula is C11H17F3N2O3S. The summed E-state index contributed by atoms with van der Waals surface area (Å²) in [6.45, 7) is -1.35. The van der Waals surface area contributed by atoms with Crippen LogP contribution in [0.15, 0.2) is 0 Å². The van der Waals surface area contributed by atoms with Crippen LogP contribution in [-0.4, -0.2) is 58.8 Å². The fourth-order valence-electron chi connectivity index (χ4n) is 1.67. The molecule has 2 amide bonds. The second-order valence-corrected chi connectivity index (χ2v) is 5.58. The summed E-state index contributed by atoms with van der Waals surface area (Å²) in [5, 5.41) is 11.1. The number of aliphatic carboxylic acids is 1. The quantitative estimate of drug-likeness (QED) is 0.753. The van der Waals surface area contributed by atoms with E-state index in [0.29, 0.717) is 23.5 Å². The molecule has 20 heavy (non-hydrogen) atoms. The Morgan fingerprint density at radius 2 is 2.05 bits per heavy atom. The Morgan fingerprint density at radius 1 is 1.45 bits per heavy atom. The van der Waals surface area contributed by atoms with E-state index in [1.54, 1.807) is 6.26 Å². The number of amides is 2. The van der Waals surface area contributed by atoms with E-state index in [4.69, 9.17) is 5.11 Å². The van der Waals surface area contributed by atoms with E-state index < -0.39 is 36.8 Å². The highest BCUT2D eigenvalue weighted by molar-refractivity contribution is 7.98. The van der Waals surface area contributed by atoms with E-state index in [-0.39, 0.29) is 6.42 Å². The highest BCUT2D eigenvalue weighted by Crippen LogP contribution is 2.30. The zero-order valence-corrected chi connectivity index (χ0v) is 11.8. The molecule has 2 N–H and O–H groups in total. The molecule has 0 aliphatic heterocycles. The van der Waals surface area contributed by atoms with Crippen molar-refractivity contribution >= 4 is 23.8 Å². The van der Waals surface area contributed by atoms with Crippen LogP contribution in [0.4, 0.5) is 18.0 Å². The maximum Gasteiger partial charge on any atom is 0.406 e. The van der Waals surface area contributed by atoms with Crippen LogP contribution in [0, 0.1) is 0 Å². The lowest BCUT2D eigenvalue weighted by Gasteiger charge is -2.26. The second kappa shape index (κ2) is 7.05. The fourth-order valence-corrected chi connectivity index (χ4v) is 2.14. The number of hydrogen-bond acceptors (Lipinski definition) is 3. The highest BCUT2D eigenvalue weighted by atomic mass is 32.2. The van der Waals surface area contributed by atoms with Crippen LogP contribution >= 0.6 is 11.8 Å². The molecule has 1 saturated carbocycles. The molecule has 0 aromatic carbocycles. The van der Waals surface area contributed by atoms with Gasteiger partial charge in [-0.2, -0.15) is 24.9 Å². The van der Waals surface area contributed by atoms with Gasteiger partial charge in [-0.25, -0.2) is 9.59 Å². The summed E-state index contributed by atoms with van der Waals surface area (Å²) in [5.41, 5.74) is 0. The number of halogens is 3. The standard InChI is InChI=1S/C11H17F3N2O3S/c1-20-5-4-8(9(17)18)15-10(19)16(7-2-3-7)6-11(12,13)14/h7-8H,2-6H2,1H3,(H,15,19)(H,17,18). The van der Waals surface area contributed by atoms with Gasteiger partial charge in [0.25, 0.3) is 0 Å². The molecule has 1 aliphatic carbocycles. The largest absolute Gasteiger partial charge is 0.480 e. The van der Waals surface area contributed by atoms with Gasteiger partial charge in [-0.15, -0.1) is 0 Å². The molecule has 1 unspecified atom stereocenters. The summed E-state index contributed by atoms with van der Waals surface area (Å²) in [6, 6.07) is -2.56. The molecule has 1 aliphatic rings. The van der Waals surface area contributed by atoms with Crippen LogP contribution in [0.25, 0.3) is 0 Å². The van der Waals surface area contributed by atoms with Crippen LogP contribution in [0.2, 0.25) is 0 Å². The SMILES string of the molecule is CSCCC(NC(=O)N(CC(F)(F)F)C1CC1)C(=O)O. The number of rotatable bonds is 7. The van der Waals surface area contributed by atoms with Crippen molar-refractivity contribution in [1.29, 1.82) is 0 Å². The minimum atomic E-state index is -4.49. The molecule has 1 atom stereocenters. The minimum Gasteiger partial charge on any atom is -0.480 e. The molecule has 0 aromatic heterocycles. The van der Waals surface area contributed by atoms with Gasteiger partial charge in [0.1, 0.15) is 12.6 Å². The van der Waals surface area contributed by atoms with E-state index in [2.05, 4.69) is 5.32 Å². The van der Waals surface area contributed by atoms with Crippen LogP contribution in [0.1, 0.15) is 19.3 Å². The second-order valence-electron chi connectivity index (χ2n) is 4.60. The van der Waals surface area contributed by atoms with Crippen molar-refractivity contribution in [3.8, 4) is 0 Å². The Kier molecular flexibility index (Phi) is 5.97. The van der Waals surface area contributed by atoms with E-state index in [9.17, 15) is 22.8 Å². The number of carbonyl (C=O) groups is 2. The number of carboxylic acid groups (broad SMARTS) is 1. The molecule has 0 spiro atoms. The summed E-state index contributed by atoms with van der Waals surface area (Å²) in [4.78, 5) is 23.5. The smallest absolute Gasteiger partial charge is 0.406 e. The molecule has 1 rings (SSSR count). The third-order valence-electron chi connectivity index (χ3n) is 2.80. The van der Waals surface area contributed by atoms with E-state index in [1.165, 1.54) is 11.8 Å². The van der Waals surface area contributed by atoms with Crippen molar-refractivity contribution in [2.24, 2.45) is 0 Å². The minimum absolute atomic E-state index is 0.173. The van der Waals surface area contributed by atoms with Gasteiger partial charge in [0, 0.05) is 6.04 Å². The van der Waals surface area contributed by atoms with Crippen LogP contribution in [-0.2, 0) is 4.79 Å². The molecule has 9 heteroatoms. The highest BCUT2D eigenvalue weighted by Gasteiger charge is 2.41. The van der Waals surface area contributed by atoms with Crippen molar-refractivity contribution in [2.75, 3.05) is 18.6 Å². The maximum absolute atomic E-state index is 12.4. The lowest BCUT2D eigenvalue weighted by molar-refractivity contribution is -0.141. The zero-order valence-electron chi connectivity index (χ0n) is 10.9. The number of carbonyl (C=O) groups excluding carboxylic acids is 1. The Morgan fingerprint density at radius 3 is 2.45 bits per heavy atom. The molecule has 0 aromatic rings. The number of thioether (sulfide) groups is 1. The summed E-state index contributed by atoms with van der Waals surface area (Å²) < 4.78 is 37.2. The summed E-state index contributed by atoms with van der Waals surface area (Å²) in [5.74, 6) is -0.741. The van der Waals surface area contributed by atoms with Crippen LogP contribution < -0.4 is 5.32 Å². The lowest BCUT2D eigenvalue weighted by Crippen LogP contribution is -2.51. The third-order valence-corrected chi connectivity index (χ3v) is 3.45. The van der Waals surface area contributed by atoms with Crippen LogP contribution in [0.3, 0.4) is 0 Å². The number of nitrogens with one attached hydrogen (secondary N) is 1. The zero-order chi connectivity index (χ0) is 15.3. The summed E-state index contributed by atoms with van der Waals surface area (Å²) in [6.07, 6.45) is -1.50. The lowest BCUT2D eigenvalue weighted by atomic mass is 10.2. The molecular weight excluding hydrogens is 297 g/mol. The van der Waals surface area contributed by atoms with Crippen molar-refractivity contribution in [2.45, 2.75) is 37.5 Å². The first-order chi connectivity index (χ1) is 9.24. The Hall–Kier alpha value is -1.12. The van der Waals surface area contributed by atoms with Gasteiger partial charge in [0.15, 0.2) is 0 Å². The van der Waals surface area contributed by atoms with E-state index >= 15 is 0 Å². The first-order valence-corrected chi connectivity index (χ1v) is 7.49. The molecule has 0 radical (unpaired) electrons. The molecule has 0 saturated heterocycles. The van der Waals surface area contributed by atoms with Gasteiger partial charge in [0.2, 0.25) is 0 Å². The van der Waals surface area contributed by atoms with E-state index in [0.717, 1.165) is 0 Å². The monoisotopic (exact) mass is 314 g/mol. The number of carboxylic acids is 1. The number of alkyl halides is 3. The maximum atomic E-state index is 12.4. The summed E-state index contributed by atoms with van der Waals surface area (Å²) >= 11 is 1.40. The Bertz CT molecular complexity index is 361.